The lowest BCUT2D eigenvalue weighted by Crippen LogP contribution is -2.10. The maximum atomic E-state index is 9.05. The van der Waals surface area contributed by atoms with Crippen LogP contribution >= 0.6 is 0 Å². The highest BCUT2D eigenvalue weighted by Crippen LogP contribution is 1.88. The standard InChI is InChI=1S/C7H14N2O/c1-4-5-7(10)6-8-9(2)3/h4,6-7,10H,1,5H2,2-3H3/b8-6+. The Labute approximate surface area is 61.7 Å². The molecular formula is C7H14N2O. The van der Waals surface area contributed by atoms with Gasteiger partial charge in [-0.2, -0.15) is 5.10 Å². The Morgan fingerprint density at radius 3 is 2.70 bits per heavy atom. The van der Waals surface area contributed by atoms with E-state index >= 15 is 0 Å². The smallest absolute Gasteiger partial charge is 0.0943 e. The van der Waals surface area contributed by atoms with Gasteiger partial charge in [-0.1, -0.05) is 6.08 Å². The topological polar surface area (TPSA) is 35.8 Å². The van der Waals surface area contributed by atoms with Crippen LogP contribution in [-0.2, 0) is 0 Å². The molecule has 0 aliphatic heterocycles. The molecule has 1 atom stereocenters. The normalized spacial score (nSPS) is 13.5. The lowest BCUT2D eigenvalue weighted by atomic mass is 10.3. The van der Waals surface area contributed by atoms with Crippen LogP contribution in [-0.4, -0.2) is 36.5 Å². The summed E-state index contributed by atoms with van der Waals surface area (Å²) in [5.41, 5.74) is 0. The fourth-order valence-corrected chi connectivity index (χ4v) is 0.442. The van der Waals surface area contributed by atoms with Gasteiger partial charge in [-0.3, -0.25) is 0 Å². The van der Waals surface area contributed by atoms with E-state index in [1.807, 2.05) is 0 Å². The van der Waals surface area contributed by atoms with Crippen molar-refractivity contribution in [3.05, 3.63) is 12.7 Å². The van der Waals surface area contributed by atoms with E-state index in [0.29, 0.717) is 6.42 Å². The quantitative estimate of drug-likeness (QED) is 0.352. The molecule has 1 N–H and O–H groups in total. The van der Waals surface area contributed by atoms with Gasteiger partial charge in [0.25, 0.3) is 0 Å². The molecule has 0 heterocycles. The van der Waals surface area contributed by atoms with Crippen LogP contribution in [0.4, 0.5) is 0 Å². The molecule has 1 unspecified atom stereocenters. The lowest BCUT2D eigenvalue weighted by molar-refractivity contribution is 0.247. The first-order valence-electron chi connectivity index (χ1n) is 3.17. The molecule has 10 heavy (non-hydrogen) atoms. The summed E-state index contributed by atoms with van der Waals surface area (Å²) in [6.45, 7) is 3.49. The first kappa shape index (κ1) is 9.17. The Hall–Kier alpha value is -0.830. The predicted molar refractivity (Wildman–Crippen MR) is 43.0 cm³/mol. The molecule has 0 saturated heterocycles. The Balaban J connectivity index is 3.54. The number of nitrogens with zero attached hydrogens (tertiary/aromatic N) is 2. The van der Waals surface area contributed by atoms with Gasteiger partial charge in [0.2, 0.25) is 0 Å². The maximum absolute atomic E-state index is 9.05. The fraction of sp³-hybridized carbons (Fsp3) is 0.571. The summed E-state index contributed by atoms with van der Waals surface area (Å²) in [4.78, 5) is 0. The average molecular weight is 142 g/mol. The third-order valence-corrected chi connectivity index (χ3v) is 0.878. The Morgan fingerprint density at radius 1 is 1.70 bits per heavy atom. The van der Waals surface area contributed by atoms with E-state index in [2.05, 4.69) is 11.7 Å². The molecule has 0 fully saturated rings. The molecule has 3 heteroatoms. The second-order valence-electron chi connectivity index (χ2n) is 2.20. The van der Waals surface area contributed by atoms with E-state index < -0.39 is 6.10 Å². The Bertz CT molecular complexity index is 121. The third-order valence-electron chi connectivity index (χ3n) is 0.878. The Kier molecular flexibility index (Phi) is 4.58. The summed E-state index contributed by atoms with van der Waals surface area (Å²) < 4.78 is 0. The molecule has 0 bridgehead atoms. The van der Waals surface area contributed by atoms with Gasteiger partial charge >= 0.3 is 0 Å². The summed E-state index contributed by atoms with van der Waals surface area (Å²) in [5, 5.41) is 14.5. The van der Waals surface area contributed by atoms with Crippen LogP contribution in [0.2, 0.25) is 0 Å². The number of hydrazone groups is 1. The van der Waals surface area contributed by atoms with Crippen LogP contribution in [0.25, 0.3) is 0 Å². The molecule has 0 spiro atoms. The van der Waals surface area contributed by atoms with Gasteiger partial charge in [0.15, 0.2) is 0 Å². The van der Waals surface area contributed by atoms with Gasteiger partial charge < -0.3 is 10.1 Å². The number of rotatable bonds is 4. The number of hydrogen-bond donors (Lipinski definition) is 1. The van der Waals surface area contributed by atoms with Crippen LogP contribution in [0.5, 0.6) is 0 Å². The minimum atomic E-state index is -0.500. The first-order chi connectivity index (χ1) is 4.66. The molecule has 0 rings (SSSR count). The van der Waals surface area contributed by atoms with E-state index in [1.165, 1.54) is 6.21 Å². The van der Waals surface area contributed by atoms with E-state index in [9.17, 15) is 0 Å². The summed E-state index contributed by atoms with van der Waals surface area (Å²) in [6.07, 6.45) is 3.20. The number of aliphatic hydroxyl groups is 1. The largest absolute Gasteiger partial charge is 0.387 e. The minimum Gasteiger partial charge on any atom is -0.387 e. The van der Waals surface area contributed by atoms with Crippen molar-refractivity contribution in [3.63, 3.8) is 0 Å². The lowest BCUT2D eigenvalue weighted by Gasteiger charge is -2.04. The summed E-state index contributed by atoms with van der Waals surface area (Å²) in [6, 6.07) is 0. The van der Waals surface area contributed by atoms with E-state index in [1.54, 1.807) is 25.2 Å². The van der Waals surface area contributed by atoms with Gasteiger partial charge in [-0.05, 0) is 6.42 Å². The molecule has 0 radical (unpaired) electrons. The summed E-state index contributed by atoms with van der Waals surface area (Å²) in [5.74, 6) is 0. The maximum Gasteiger partial charge on any atom is 0.0943 e. The fourth-order valence-electron chi connectivity index (χ4n) is 0.442. The van der Waals surface area contributed by atoms with Crippen molar-refractivity contribution in [2.45, 2.75) is 12.5 Å². The van der Waals surface area contributed by atoms with Crippen molar-refractivity contribution in [1.29, 1.82) is 0 Å². The molecule has 0 aromatic rings. The highest BCUT2D eigenvalue weighted by molar-refractivity contribution is 5.62. The second-order valence-corrected chi connectivity index (χ2v) is 2.20. The van der Waals surface area contributed by atoms with E-state index in [-0.39, 0.29) is 0 Å². The van der Waals surface area contributed by atoms with Crippen molar-refractivity contribution in [2.75, 3.05) is 14.1 Å². The van der Waals surface area contributed by atoms with Crippen molar-refractivity contribution in [1.82, 2.24) is 5.01 Å². The third kappa shape index (κ3) is 5.31. The van der Waals surface area contributed by atoms with Crippen LogP contribution in [0, 0.1) is 0 Å². The Morgan fingerprint density at radius 2 is 2.30 bits per heavy atom. The molecule has 0 aliphatic carbocycles. The highest BCUT2D eigenvalue weighted by Gasteiger charge is 1.93. The van der Waals surface area contributed by atoms with Crippen LogP contribution in [0.1, 0.15) is 6.42 Å². The van der Waals surface area contributed by atoms with Gasteiger partial charge in [0.05, 0.1) is 12.3 Å². The molecule has 0 aromatic heterocycles. The molecule has 0 saturated carbocycles. The zero-order valence-corrected chi connectivity index (χ0v) is 6.49. The zero-order chi connectivity index (χ0) is 7.98. The SMILES string of the molecule is C=CCC(O)/C=N/N(C)C. The molecule has 0 amide bonds. The minimum absolute atomic E-state index is 0.500. The predicted octanol–water partition coefficient (Wildman–Crippen LogP) is 0.471. The molecule has 0 aromatic carbocycles. The highest BCUT2D eigenvalue weighted by atomic mass is 16.3. The molecule has 0 aliphatic rings. The van der Waals surface area contributed by atoms with Crippen LogP contribution < -0.4 is 0 Å². The van der Waals surface area contributed by atoms with Gasteiger partial charge in [0, 0.05) is 14.1 Å². The van der Waals surface area contributed by atoms with Crippen molar-refractivity contribution in [2.24, 2.45) is 5.10 Å². The summed E-state index contributed by atoms with van der Waals surface area (Å²) in [7, 11) is 3.61. The van der Waals surface area contributed by atoms with Crippen LogP contribution in [0.3, 0.4) is 0 Å². The summed E-state index contributed by atoms with van der Waals surface area (Å²) >= 11 is 0. The van der Waals surface area contributed by atoms with E-state index in [0.717, 1.165) is 0 Å². The second kappa shape index (κ2) is 4.99. The zero-order valence-electron chi connectivity index (χ0n) is 6.49. The number of aliphatic hydroxyl groups excluding tert-OH is 1. The average Bonchev–Trinajstić information content (AvgIpc) is 1.85. The first-order valence-corrected chi connectivity index (χ1v) is 3.17. The van der Waals surface area contributed by atoms with Crippen molar-refractivity contribution in [3.8, 4) is 0 Å². The number of hydrogen-bond acceptors (Lipinski definition) is 3. The van der Waals surface area contributed by atoms with E-state index in [4.69, 9.17) is 5.11 Å². The van der Waals surface area contributed by atoms with Gasteiger partial charge in [-0.15, -0.1) is 6.58 Å². The molecule has 3 nitrogen and oxygen atoms in total. The van der Waals surface area contributed by atoms with Crippen molar-refractivity contribution < 1.29 is 5.11 Å². The van der Waals surface area contributed by atoms with Crippen molar-refractivity contribution >= 4 is 6.21 Å². The molecule has 58 valence electrons. The monoisotopic (exact) mass is 142 g/mol. The molecular weight excluding hydrogens is 128 g/mol. The van der Waals surface area contributed by atoms with Gasteiger partial charge in [0.1, 0.15) is 0 Å². The van der Waals surface area contributed by atoms with Crippen LogP contribution in [0.15, 0.2) is 17.8 Å². The van der Waals surface area contributed by atoms with Gasteiger partial charge in [-0.25, -0.2) is 0 Å².